The fourth-order valence-corrected chi connectivity index (χ4v) is 2.75. The van der Waals surface area contributed by atoms with Crippen LogP contribution in [-0.4, -0.2) is 16.6 Å². The number of hydrogen-bond acceptors (Lipinski definition) is 2. The highest BCUT2D eigenvalue weighted by Crippen LogP contribution is 2.25. The molecule has 0 heterocycles. The molecular weight excluding hydrogens is 322 g/mol. The number of carbonyl (C=O) groups excluding carboxylic acids is 1. The van der Waals surface area contributed by atoms with Crippen LogP contribution in [-0.2, 0) is 4.79 Å². The van der Waals surface area contributed by atoms with Gasteiger partial charge in [0.2, 0.25) is 5.91 Å². The highest BCUT2D eigenvalue weighted by Gasteiger charge is 2.35. The number of unbranched alkanes of at least 4 members (excludes halogenated alkanes) is 1. The van der Waals surface area contributed by atoms with Gasteiger partial charge in [-0.1, -0.05) is 67.5 Å². The van der Waals surface area contributed by atoms with Crippen molar-refractivity contribution in [3.05, 3.63) is 65.7 Å². The molecule has 136 valence electrons. The summed E-state index contributed by atoms with van der Waals surface area (Å²) >= 11 is 0. The quantitative estimate of drug-likeness (QED) is 0.752. The Hall–Kier alpha value is -2.57. The van der Waals surface area contributed by atoms with Crippen molar-refractivity contribution in [1.82, 2.24) is 0 Å². The van der Waals surface area contributed by atoms with Gasteiger partial charge in [0.05, 0.1) is 5.92 Å². The molecule has 2 N–H and O–H groups in total. The summed E-state index contributed by atoms with van der Waals surface area (Å²) in [6, 6.07) is 17.1. The number of anilines is 1. The smallest absolute Gasteiger partial charge is 0.231 e. The van der Waals surface area contributed by atoms with Crippen LogP contribution < -0.4 is 5.32 Å². The Labute approximate surface area is 156 Å². The minimum Gasteiger partial charge on any atom is -0.377 e. The second-order valence-electron chi connectivity index (χ2n) is 6.81. The van der Waals surface area contributed by atoms with E-state index in [4.69, 9.17) is 0 Å². The summed E-state index contributed by atoms with van der Waals surface area (Å²) in [5.74, 6) is 5.10. The maximum Gasteiger partial charge on any atom is 0.231 e. The minimum absolute atomic E-state index is 0.199. The predicted molar refractivity (Wildman–Crippen MR) is 107 cm³/mol. The molecule has 0 bridgehead atoms. The monoisotopic (exact) mass is 349 g/mol. The molecule has 0 fully saturated rings. The first-order valence-electron chi connectivity index (χ1n) is 9.10. The van der Waals surface area contributed by atoms with Gasteiger partial charge in [0.25, 0.3) is 0 Å². The Bertz CT molecular complexity index is 767. The maximum absolute atomic E-state index is 12.8. The van der Waals surface area contributed by atoms with Crippen molar-refractivity contribution >= 4 is 11.6 Å². The maximum atomic E-state index is 12.8. The number of aryl methyl sites for hydroxylation is 1. The molecule has 0 saturated heterocycles. The van der Waals surface area contributed by atoms with Crippen LogP contribution >= 0.6 is 0 Å². The average Bonchev–Trinajstić information content (AvgIpc) is 2.63. The lowest BCUT2D eigenvalue weighted by molar-refractivity contribution is -0.125. The van der Waals surface area contributed by atoms with Crippen LogP contribution in [0.25, 0.3) is 0 Å². The van der Waals surface area contributed by atoms with Crippen LogP contribution in [0.2, 0.25) is 0 Å². The molecule has 0 aliphatic carbocycles. The Morgan fingerprint density at radius 3 is 2.42 bits per heavy atom. The van der Waals surface area contributed by atoms with Crippen molar-refractivity contribution in [3.8, 4) is 11.8 Å². The molecule has 0 aliphatic heterocycles. The molecule has 1 amide bonds. The van der Waals surface area contributed by atoms with Crippen LogP contribution in [0.1, 0.15) is 44.2 Å². The number of aliphatic hydroxyl groups is 1. The lowest BCUT2D eigenvalue weighted by Crippen LogP contribution is -2.41. The van der Waals surface area contributed by atoms with Gasteiger partial charge in [0.1, 0.15) is 5.60 Å². The zero-order chi connectivity index (χ0) is 19.0. The third-order valence-electron chi connectivity index (χ3n) is 4.39. The number of benzene rings is 2. The molecule has 0 radical (unpaired) electrons. The first-order chi connectivity index (χ1) is 12.4. The van der Waals surface area contributed by atoms with Gasteiger partial charge in [-0.25, -0.2) is 0 Å². The molecule has 2 atom stereocenters. The van der Waals surface area contributed by atoms with Crippen LogP contribution in [0.5, 0.6) is 0 Å². The van der Waals surface area contributed by atoms with E-state index < -0.39 is 11.5 Å². The standard InChI is InChI=1S/C23H27NO2/c1-4-5-11-21(22(25)24-20-14-12-18(2)13-15-20)23(3,26)17-16-19-9-7-6-8-10-19/h6-10,12-15,21,26H,4-5,11H2,1-3H3,(H,24,25). The van der Waals surface area contributed by atoms with E-state index in [1.165, 1.54) is 0 Å². The summed E-state index contributed by atoms with van der Waals surface area (Å²) in [7, 11) is 0. The Kier molecular flexibility index (Phi) is 7.00. The molecule has 2 aromatic rings. The molecule has 0 spiro atoms. The summed E-state index contributed by atoms with van der Waals surface area (Å²) in [5.41, 5.74) is 1.28. The van der Waals surface area contributed by atoms with Gasteiger partial charge in [0, 0.05) is 11.3 Å². The number of hydrogen-bond donors (Lipinski definition) is 2. The Morgan fingerprint density at radius 1 is 1.15 bits per heavy atom. The summed E-state index contributed by atoms with van der Waals surface area (Å²) in [4.78, 5) is 12.8. The van der Waals surface area contributed by atoms with Crippen molar-refractivity contribution in [2.24, 2.45) is 5.92 Å². The van der Waals surface area contributed by atoms with Crippen molar-refractivity contribution in [3.63, 3.8) is 0 Å². The number of rotatable bonds is 6. The topological polar surface area (TPSA) is 49.3 Å². The van der Waals surface area contributed by atoms with Crippen LogP contribution in [0.4, 0.5) is 5.69 Å². The van der Waals surface area contributed by atoms with Gasteiger partial charge in [0.15, 0.2) is 0 Å². The van der Waals surface area contributed by atoms with Crippen LogP contribution in [0, 0.1) is 24.7 Å². The van der Waals surface area contributed by atoms with Crippen LogP contribution in [0.15, 0.2) is 54.6 Å². The van der Waals surface area contributed by atoms with E-state index in [0.717, 1.165) is 29.7 Å². The molecule has 26 heavy (non-hydrogen) atoms. The molecule has 0 aliphatic rings. The highest BCUT2D eigenvalue weighted by molar-refractivity contribution is 5.93. The van der Waals surface area contributed by atoms with E-state index in [1.54, 1.807) is 6.92 Å². The summed E-state index contributed by atoms with van der Waals surface area (Å²) in [6.45, 7) is 5.69. The number of carbonyl (C=O) groups is 1. The molecule has 3 nitrogen and oxygen atoms in total. The fourth-order valence-electron chi connectivity index (χ4n) is 2.75. The normalized spacial score (nSPS) is 13.8. The molecule has 0 aromatic heterocycles. The largest absolute Gasteiger partial charge is 0.377 e. The highest BCUT2D eigenvalue weighted by atomic mass is 16.3. The van der Waals surface area contributed by atoms with Gasteiger partial charge in [-0.3, -0.25) is 4.79 Å². The van der Waals surface area contributed by atoms with Crippen molar-refractivity contribution < 1.29 is 9.90 Å². The first kappa shape index (κ1) is 19.8. The van der Waals surface area contributed by atoms with E-state index >= 15 is 0 Å². The van der Waals surface area contributed by atoms with Gasteiger partial charge in [-0.2, -0.15) is 0 Å². The van der Waals surface area contributed by atoms with E-state index in [-0.39, 0.29) is 5.91 Å². The molecule has 2 rings (SSSR count). The summed E-state index contributed by atoms with van der Waals surface area (Å²) in [5, 5.41) is 13.8. The zero-order valence-electron chi connectivity index (χ0n) is 15.8. The van der Waals surface area contributed by atoms with Gasteiger partial charge >= 0.3 is 0 Å². The van der Waals surface area contributed by atoms with Crippen molar-refractivity contribution in [1.29, 1.82) is 0 Å². The summed E-state index contributed by atoms with van der Waals surface area (Å²) in [6.07, 6.45) is 2.40. The number of amides is 1. The molecule has 2 aromatic carbocycles. The molecule has 3 heteroatoms. The molecule has 0 saturated carbocycles. The Morgan fingerprint density at radius 2 is 1.81 bits per heavy atom. The van der Waals surface area contributed by atoms with Crippen LogP contribution in [0.3, 0.4) is 0 Å². The van der Waals surface area contributed by atoms with E-state index in [2.05, 4.69) is 24.1 Å². The fraction of sp³-hybridized carbons (Fsp3) is 0.348. The average molecular weight is 349 g/mol. The van der Waals surface area contributed by atoms with Gasteiger partial charge in [-0.05, 0) is 44.5 Å². The molecule has 2 unspecified atom stereocenters. The van der Waals surface area contributed by atoms with E-state index in [1.807, 2.05) is 61.5 Å². The van der Waals surface area contributed by atoms with Gasteiger partial charge < -0.3 is 10.4 Å². The van der Waals surface area contributed by atoms with Crippen molar-refractivity contribution in [2.45, 2.75) is 45.6 Å². The zero-order valence-corrected chi connectivity index (χ0v) is 15.8. The predicted octanol–water partition coefficient (Wildman–Crippen LogP) is 4.54. The lowest BCUT2D eigenvalue weighted by Gasteiger charge is -2.27. The lowest BCUT2D eigenvalue weighted by atomic mass is 9.84. The second-order valence-corrected chi connectivity index (χ2v) is 6.81. The Balaban J connectivity index is 2.19. The van der Waals surface area contributed by atoms with E-state index in [9.17, 15) is 9.90 Å². The molecular formula is C23H27NO2. The van der Waals surface area contributed by atoms with E-state index in [0.29, 0.717) is 6.42 Å². The first-order valence-corrected chi connectivity index (χ1v) is 9.10. The van der Waals surface area contributed by atoms with Gasteiger partial charge in [-0.15, -0.1) is 0 Å². The third kappa shape index (κ3) is 5.75. The second kappa shape index (κ2) is 9.22. The SMILES string of the molecule is CCCCC(C(=O)Nc1ccc(C)cc1)C(C)(O)C#Cc1ccccc1. The third-order valence-corrected chi connectivity index (χ3v) is 4.39. The number of nitrogens with one attached hydrogen (secondary N) is 1. The summed E-state index contributed by atoms with van der Waals surface area (Å²) < 4.78 is 0. The minimum atomic E-state index is -1.40. The van der Waals surface area contributed by atoms with Crippen molar-refractivity contribution in [2.75, 3.05) is 5.32 Å².